The van der Waals surface area contributed by atoms with Gasteiger partial charge in [-0.1, -0.05) is 36.3 Å². The highest BCUT2D eigenvalue weighted by atomic mass is 16.2. The third-order valence-electron chi connectivity index (χ3n) is 6.13. The molecular formula is C22H19N3O2. The van der Waals surface area contributed by atoms with Gasteiger partial charge in [-0.2, -0.15) is 10.1 Å². The van der Waals surface area contributed by atoms with Crippen LogP contribution in [0.15, 0.2) is 47.7 Å². The number of imide groups is 1. The van der Waals surface area contributed by atoms with E-state index in [2.05, 4.69) is 23.2 Å². The monoisotopic (exact) mass is 357 g/mol. The molecule has 0 unspecified atom stereocenters. The topological polar surface area (TPSA) is 54.7 Å². The van der Waals surface area contributed by atoms with Crippen molar-refractivity contribution < 1.29 is 9.59 Å². The Kier molecular flexibility index (Phi) is 3.54. The quantitative estimate of drug-likeness (QED) is 0.367. The highest BCUT2D eigenvalue weighted by Crippen LogP contribution is 2.49. The lowest BCUT2D eigenvalue weighted by atomic mass is 9.63. The second kappa shape index (κ2) is 5.95. The van der Waals surface area contributed by atoms with E-state index in [1.165, 1.54) is 0 Å². The Labute approximate surface area is 157 Å². The van der Waals surface area contributed by atoms with Crippen molar-refractivity contribution >= 4 is 28.9 Å². The largest absolute Gasteiger partial charge is 0.335 e. The Bertz CT molecular complexity index is 1020. The average Bonchev–Trinajstić information content (AvgIpc) is 3.19. The number of hydrogen-bond acceptors (Lipinski definition) is 3. The third kappa shape index (κ3) is 2.30. The minimum Gasteiger partial charge on any atom is -0.335 e. The molecule has 2 aromatic rings. The van der Waals surface area contributed by atoms with E-state index in [1.807, 2.05) is 35.0 Å². The van der Waals surface area contributed by atoms with Gasteiger partial charge in [0.25, 0.3) is 11.8 Å². The van der Waals surface area contributed by atoms with E-state index in [0.29, 0.717) is 6.54 Å². The maximum atomic E-state index is 12.9. The summed E-state index contributed by atoms with van der Waals surface area (Å²) in [5.74, 6) is 2.21. The minimum atomic E-state index is -0.235. The molecule has 0 N–H and O–H groups in total. The number of allylic oxidation sites excluding steroid dienone is 2. The van der Waals surface area contributed by atoms with Crippen LogP contribution < -0.4 is 0 Å². The van der Waals surface area contributed by atoms with Crippen molar-refractivity contribution in [1.29, 1.82) is 0 Å². The number of hydrogen-bond donors (Lipinski definition) is 0. The summed E-state index contributed by atoms with van der Waals surface area (Å²) in [7, 11) is 0. The summed E-state index contributed by atoms with van der Waals surface area (Å²) in [4.78, 5) is 25.7. The van der Waals surface area contributed by atoms with Crippen molar-refractivity contribution in [2.45, 2.75) is 19.4 Å². The first-order chi connectivity index (χ1) is 13.2. The summed E-state index contributed by atoms with van der Waals surface area (Å²) in [5, 5.41) is 6.41. The first-order valence-corrected chi connectivity index (χ1v) is 9.30. The second-order valence-corrected chi connectivity index (χ2v) is 7.51. The summed E-state index contributed by atoms with van der Waals surface area (Å²) in [5.41, 5.74) is 1.85. The van der Waals surface area contributed by atoms with Crippen molar-refractivity contribution in [3.8, 4) is 12.3 Å². The molecule has 2 heterocycles. The summed E-state index contributed by atoms with van der Waals surface area (Å²) in [6, 6.07) is 7.89. The van der Waals surface area contributed by atoms with E-state index < -0.39 is 0 Å². The van der Waals surface area contributed by atoms with Gasteiger partial charge in [0.15, 0.2) is 0 Å². The van der Waals surface area contributed by atoms with Crippen molar-refractivity contribution in [1.82, 2.24) is 9.58 Å². The maximum absolute atomic E-state index is 12.9. The third-order valence-corrected chi connectivity index (χ3v) is 6.13. The minimum absolute atomic E-state index is 0.160. The summed E-state index contributed by atoms with van der Waals surface area (Å²) >= 11 is 0. The Morgan fingerprint density at radius 3 is 2.41 bits per heavy atom. The van der Waals surface area contributed by atoms with E-state index in [4.69, 9.17) is 6.42 Å². The fourth-order valence-corrected chi connectivity index (χ4v) is 4.90. The van der Waals surface area contributed by atoms with Crippen LogP contribution in [0, 0.1) is 36.0 Å². The number of aromatic nitrogens is 1. The molecule has 3 aliphatic carbocycles. The van der Waals surface area contributed by atoms with Gasteiger partial charge in [0.2, 0.25) is 0 Å². The molecule has 0 radical (unpaired) electrons. The molecule has 6 rings (SSSR count). The first-order valence-electron chi connectivity index (χ1n) is 9.30. The number of rotatable bonds is 3. The number of nitrogens with zero attached hydrogens (tertiary/aromatic N) is 3. The zero-order valence-electron chi connectivity index (χ0n) is 14.8. The number of benzene rings is 1. The number of para-hydroxylation sites is 1. The predicted molar refractivity (Wildman–Crippen MR) is 103 cm³/mol. The molecule has 1 aliphatic heterocycles. The van der Waals surface area contributed by atoms with Crippen LogP contribution in [0.1, 0.15) is 18.4 Å². The molecule has 2 amide bonds. The zero-order chi connectivity index (χ0) is 18.5. The fourth-order valence-electron chi connectivity index (χ4n) is 4.90. The van der Waals surface area contributed by atoms with Gasteiger partial charge >= 0.3 is 0 Å². The average molecular weight is 357 g/mol. The van der Waals surface area contributed by atoms with Crippen molar-refractivity contribution in [3.63, 3.8) is 0 Å². The van der Waals surface area contributed by atoms with Gasteiger partial charge in [0, 0.05) is 22.7 Å². The summed E-state index contributed by atoms with van der Waals surface area (Å²) < 4.78 is 1.97. The van der Waals surface area contributed by atoms with Crippen LogP contribution in [0.25, 0.3) is 10.9 Å². The van der Waals surface area contributed by atoms with Crippen LogP contribution in [-0.4, -0.2) is 27.6 Å². The molecular weight excluding hydrogens is 338 g/mol. The van der Waals surface area contributed by atoms with Gasteiger partial charge in [-0.25, -0.2) is 0 Å². The van der Waals surface area contributed by atoms with Crippen LogP contribution >= 0.6 is 0 Å². The van der Waals surface area contributed by atoms with Crippen LogP contribution in [0.5, 0.6) is 0 Å². The molecule has 0 spiro atoms. The number of terminal acetylenes is 1. The van der Waals surface area contributed by atoms with Gasteiger partial charge in [-0.05, 0) is 30.7 Å². The molecule has 2 fully saturated rings. The Hall–Kier alpha value is -3.13. The van der Waals surface area contributed by atoms with Gasteiger partial charge in [-0.15, -0.1) is 6.42 Å². The number of fused-ring (bicyclic) bond motifs is 2. The van der Waals surface area contributed by atoms with Gasteiger partial charge in [0.05, 0.1) is 24.6 Å². The highest BCUT2D eigenvalue weighted by Gasteiger charge is 2.56. The molecule has 5 heteroatoms. The summed E-state index contributed by atoms with van der Waals surface area (Å²) in [6.07, 6.45) is 15.2. The van der Waals surface area contributed by atoms with Crippen LogP contribution in [-0.2, 0) is 16.1 Å². The molecule has 4 atom stereocenters. The Morgan fingerprint density at radius 2 is 1.78 bits per heavy atom. The van der Waals surface area contributed by atoms with Crippen LogP contribution in [0.3, 0.4) is 0 Å². The predicted octanol–water partition coefficient (Wildman–Crippen LogP) is 2.81. The number of hydrazone groups is 1. The smallest absolute Gasteiger partial charge is 0.254 e. The van der Waals surface area contributed by atoms with Gasteiger partial charge in [-0.3, -0.25) is 9.59 Å². The Morgan fingerprint density at radius 1 is 1.11 bits per heavy atom. The van der Waals surface area contributed by atoms with E-state index in [1.54, 1.807) is 6.21 Å². The van der Waals surface area contributed by atoms with Crippen molar-refractivity contribution in [2.75, 3.05) is 0 Å². The first kappa shape index (κ1) is 16.1. The fraction of sp³-hybridized carbons (Fsp3) is 0.318. The highest BCUT2D eigenvalue weighted by molar-refractivity contribution is 6.07. The molecule has 1 saturated heterocycles. The molecule has 134 valence electrons. The van der Waals surface area contributed by atoms with E-state index >= 15 is 0 Å². The van der Waals surface area contributed by atoms with E-state index in [-0.39, 0.29) is 35.5 Å². The lowest BCUT2D eigenvalue weighted by Gasteiger charge is -2.37. The Balaban J connectivity index is 1.49. The molecule has 5 nitrogen and oxygen atoms in total. The second-order valence-electron chi connectivity index (χ2n) is 7.51. The molecule has 2 bridgehead atoms. The van der Waals surface area contributed by atoms with Crippen LogP contribution in [0.2, 0.25) is 0 Å². The van der Waals surface area contributed by atoms with Crippen molar-refractivity contribution in [3.05, 3.63) is 48.2 Å². The summed E-state index contributed by atoms with van der Waals surface area (Å²) in [6.45, 7) is 0.453. The number of carbonyl (C=O) groups excluding carboxylic acids is 2. The SMILES string of the molecule is C#CCn1cc(/C=N\N2C(=O)[C@@H]3[C@@H](C2=O)[C@H]2C=C[C@H]3CC2)c2ccccc21. The van der Waals surface area contributed by atoms with E-state index in [9.17, 15) is 9.59 Å². The molecule has 27 heavy (non-hydrogen) atoms. The van der Waals surface area contributed by atoms with Gasteiger partial charge in [0.1, 0.15) is 0 Å². The molecule has 1 aromatic heterocycles. The lowest BCUT2D eigenvalue weighted by molar-refractivity contribution is -0.140. The molecule has 4 aliphatic rings. The standard InChI is InChI=1S/C22H19N3O2/c1-2-11-24-13-16(17-5-3-4-6-18(17)24)12-23-25-21(26)19-14-7-8-15(10-9-14)20(19)22(25)27/h1,3-8,12-15,19-20H,9-11H2/b23-12-/t14-,15-,19-,20-/m0/s1. The number of carbonyl (C=O) groups is 2. The zero-order valence-corrected chi connectivity index (χ0v) is 14.8. The normalized spacial score (nSPS) is 29.1. The molecule has 1 aromatic carbocycles. The van der Waals surface area contributed by atoms with Crippen LogP contribution in [0.4, 0.5) is 0 Å². The maximum Gasteiger partial charge on any atom is 0.254 e. The number of amides is 2. The van der Waals surface area contributed by atoms with Crippen molar-refractivity contribution in [2.24, 2.45) is 28.8 Å². The lowest BCUT2D eigenvalue weighted by Crippen LogP contribution is -2.38. The van der Waals surface area contributed by atoms with E-state index in [0.717, 1.165) is 34.3 Å². The molecule has 1 saturated carbocycles. The van der Waals surface area contributed by atoms with Gasteiger partial charge < -0.3 is 4.57 Å².